The molecule has 0 bridgehead atoms. The quantitative estimate of drug-likeness (QED) is 0.542. The maximum absolute atomic E-state index is 10.4. The van der Waals surface area contributed by atoms with Gasteiger partial charge in [-0.05, 0) is 54.1 Å². The van der Waals surface area contributed by atoms with Crippen LogP contribution in [0.2, 0.25) is 5.02 Å². The number of carboxylic acids is 1. The molecule has 126 valence electrons. The van der Waals surface area contributed by atoms with E-state index >= 15 is 0 Å². The van der Waals surface area contributed by atoms with Gasteiger partial charge < -0.3 is 14.6 Å². The average molecular weight is 355 g/mol. The molecule has 0 saturated carbocycles. The van der Waals surface area contributed by atoms with Crippen LogP contribution in [0, 0.1) is 0 Å². The number of rotatable bonds is 6. The Balaban J connectivity index is 1.68. The second-order valence-electron chi connectivity index (χ2n) is 5.12. The summed E-state index contributed by atoms with van der Waals surface area (Å²) in [5.74, 6) is -0.813. The Morgan fingerprint density at radius 3 is 2.80 bits per heavy atom. The van der Waals surface area contributed by atoms with Crippen molar-refractivity contribution in [1.29, 1.82) is 0 Å². The predicted octanol–water partition coefficient (Wildman–Crippen LogP) is 2.46. The standard InChI is InChI=1S/C18H14ClN3O3/c19-13-3-6-15-16(7-8-20-17(15)9-13)22-21-10-12-1-4-14(5-2-12)25-11-18(23)24/h1-10H,11H2,(H,20,22)(H,23,24)/p-1/b21-10-. The minimum atomic E-state index is -1.26. The number of aromatic nitrogens is 1. The van der Waals surface area contributed by atoms with Crippen LogP contribution in [0.5, 0.6) is 5.75 Å². The number of hydrogen-bond acceptors (Lipinski definition) is 6. The number of aliphatic carboxylic acids is 1. The zero-order valence-corrected chi connectivity index (χ0v) is 13.7. The monoisotopic (exact) mass is 354 g/mol. The lowest BCUT2D eigenvalue weighted by molar-refractivity contribution is -0.307. The molecule has 0 aliphatic rings. The van der Waals surface area contributed by atoms with Gasteiger partial charge in [-0.25, -0.2) is 0 Å². The highest BCUT2D eigenvalue weighted by atomic mass is 35.5. The van der Waals surface area contributed by atoms with Gasteiger partial charge in [-0.1, -0.05) is 11.6 Å². The summed E-state index contributed by atoms with van der Waals surface area (Å²) in [5, 5.41) is 16.1. The Hall–Kier alpha value is -3.12. The summed E-state index contributed by atoms with van der Waals surface area (Å²) in [5.41, 5.74) is 5.40. The molecule has 0 spiro atoms. The molecular weight excluding hydrogens is 342 g/mol. The fourth-order valence-corrected chi connectivity index (χ4v) is 2.35. The molecule has 0 unspecified atom stereocenters. The molecular formula is C18H13ClN3O3-. The molecule has 0 aliphatic heterocycles. The van der Waals surface area contributed by atoms with Crippen LogP contribution in [0.3, 0.4) is 0 Å². The molecule has 1 heterocycles. The van der Waals surface area contributed by atoms with Crippen molar-refractivity contribution < 1.29 is 14.6 Å². The molecule has 3 aromatic rings. The number of ether oxygens (including phenoxy) is 1. The Kier molecular flexibility index (Phi) is 5.11. The maximum atomic E-state index is 10.4. The smallest absolute Gasteiger partial charge is 0.128 e. The van der Waals surface area contributed by atoms with Gasteiger partial charge in [0.2, 0.25) is 0 Å². The van der Waals surface area contributed by atoms with E-state index in [1.165, 1.54) is 0 Å². The second-order valence-corrected chi connectivity index (χ2v) is 5.56. The van der Waals surface area contributed by atoms with E-state index in [9.17, 15) is 9.90 Å². The fraction of sp³-hybridized carbons (Fsp3) is 0.0556. The molecule has 6 nitrogen and oxygen atoms in total. The maximum Gasteiger partial charge on any atom is 0.128 e. The third-order valence-electron chi connectivity index (χ3n) is 3.34. The van der Waals surface area contributed by atoms with Crippen LogP contribution in [0.15, 0.2) is 59.8 Å². The molecule has 7 heteroatoms. The lowest BCUT2D eigenvalue weighted by atomic mass is 10.2. The number of halogens is 1. The van der Waals surface area contributed by atoms with E-state index < -0.39 is 12.6 Å². The van der Waals surface area contributed by atoms with Gasteiger partial charge in [-0.3, -0.25) is 10.4 Å². The SMILES string of the molecule is O=C([O-])COc1ccc(/C=N\Nc2ccnc3cc(Cl)ccc23)cc1. The summed E-state index contributed by atoms with van der Waals surface area (Å²) in [6.45, 7) is -0.478. The van der Waals surface area contributed by atoms with Crippen molar-refractivity contribution in [3.8, 4) is 5.75 Å². The first-order chi connectivity index (χ1) is 12.1. The van der Waals surface area contributed by atoms with Gasteiger partial charge in [0.15, 0.2) is 0 Å². The number of hydrazone groups is 1. The first-order valence-electron chi connectivity index (χ1n) is 7.38. The fourth-order valence-electron chi connectivity index (χ4n) is 2.19. The van der Waals surface area contributed by atoms with Crippen LogP contribution in [0.25, 0.3) is 10.9 Å². The molecule has 0 fully saturated rings. The first kappa shape index (κ1) is 16.7. The first-order valence-corrected chi connectivity index (χ1v) is 7.76. The van der Waals surface area contributed by atoms with Crippen LogP contribution in [0.4, 0.5) is 5.69 Å². The summed E-state index contributed by atoms with van der Waals surface area (Å²) < 4.78 is 5.01. The molecule has 25 heavy (non-hydrogen) atoms. The highest BCUT2D eigenvalue weighted by molar-refractivity contribution is 6.31. The number of benzene rings is 2. The zero-order chi connectivity index (χ0) is 17.6. The van der Waals surface area contributed by atoms with Crippen molar-refractivity contribution in [2.45, 2.75) is 0 Å². The van der Waals surface area contributed by atoms with Gasteiger partial charge in [0.05, 0.1) is 23.4 Å². The largest absolute Gasteiger partial charge is 0.546 e. The topological polar surface area (TPSA) is 86.6 Å². The Morgan fingerprint density at radius 2 is 2.04 bits per heavy atom. The number of pyridine rings is 1. The highest BCUT2D eigenvalue weighted by Crippen LogP contribution is 2.24. The molecule has 3 rings (SSSR count). The summed E-state index contributed by atoms with van der Waals surface area (Å²) in [4.78, 5) is 14.6. The zero-order valence-electron chi connectivity index (χ0n) is 13.0. The van der Waals surface area contributed by atoms with E-state index in [0.717, 1.165) is 22.2 Å². The van der Waals surface area contributed by atoms with Gasteiger partial charge in [0.25, 0.3) is 0 Å². The van der Waals surface area contributed by atoms with Gasteiger partial charge in [-0.2, -0.15) is 5.10 Å². The average Bonchev–Trinajstić information content (AvgIpc) is 2.61. The summed E-state index contributed by atoms with van der Waals surface area (Å²) in [6, 6.07) is 14.1. The minimum Gasteiger partial charge on any atom is -0.546 e. The van der Waals surface area contributed by atoms with Crippen LogP contribution >= 0.6 is 11.6 Å². The van der Waals surface area contributed by atoms with Crippen molar-refractivity contribution in [2.75, 3.05) is 12.0 Å². The Labute approximate surface area is 148 Å². The molecule has 0 amide bonds. The van der Waals surface area contributed by atoms with Crippen molar-refractivity contribution in [3.63, 3.8) is 0 Å². The van der Waals surface area contributed by atoms with Crippen LogP contribution in [-0.2, 0) is 4.79 Å². The number of anilines is 1. The number of carboxylic acid groups (broad SMARTS) is 1. The number of fused-ring (bicyclic) bond motifs is 1. The number of carbonyl (C=O) groups is 1. The van der Waals surface area contributed by atoms with E-state index in [1.807, 2.05) is 12.1 Å². The van der Waals surface area contributed by atoms with Crippen molar-refractivity contribution in [2.24, 2.45) is 5.10 Å². The number of nitrogens with one attached hydrogen (secondary N) is 1. The van der Waals surface area contributed by atoms with Crippen LogP contribution < -0.4 is 15.3 Å². The number of hydrogen-bond donors (Lipinski definition) is 1. The second kappa shape index (κ2) is 7.63. The van der Waals surface area contributed by atoms with Gasteiger partial charge in [0, 0.05) is 16.6 Å². The lowest BCUT2D eigenvalue weighted by Gasteiger charge is -2.07. The molecule has 0 saturated heterocycles. The predicted molar refractivity (Wildman–Crippen MR) is 94.9 cm³/mol. The molecule has 0 radical (unpaired) electrons. The molecule has 0 atom stereocenters. The van der Waals surface area contributed by atoms with E-state index in [-0.39, 0.29) is 0 Å². The third kappa shape index (κ3) is 4.45. The molecule has 2 aromatic carbocycles. The highest BCUT2D eigenvalue weighted by Gasteiger charge is 2.01. The Bertz CT molecular complexity index is 927. The summed E-state index contributed by atoms with van der Waals surface area (Å²) >= 11 is 5.97. The number of carbonyl (C=O) groups excluding carboxylic acids is 1. The third-order valence-corrected chi connectivity index (χ3v) is 3.58. The van der Waals surface area contributed by atoms with E-state index in [1.54, 1.807) is 48.8 Å². The molecule has 1 N–H and O–H groups in total. The molecule has 0 aliphatic carbocycles. The van der Waals surface area contributed by atoms with E-state index in [0.29, 0.717) is 10.8 Å². The van der Waals surface area contributed by atoms with Crippen LogP contribution in [-0.4, -0.2) is 23.8 Å². The van der Waals surface area contributed by atoms with Crippen molar-refractivity contribution >= 4 is 40.4 Å². The van der Waals surface area contributed by atoms with E-state index in [4.69, 9.17) is 16.3 Å². The van der Waals surface area contributed by atoms with Crippen molar-refractivity contribution in [3.05, 3.63) is 65.3 Å². The van der Waals surface area contributed by atoms with E-state index in [2.05, 4.69) is 15.5 Å². The van der Waals surface area contributed by atoms with Gasteiger partial charge in [0.1, 0.15) is 12.4 Å². The minimum absolute atomic E-state index is 0.450. The van der Waals surface area contributed by atoms with Crippen LogP contribution in [0.1, 0.15) is 5.56 Å². The molecule has 1 aromatic heterocycles. The Morgan fingerprint density at radius 1 is 1.24 bits per heavy atom. The van der Waals surface area contributed by atoms with Crippen molar-refractivity contribution in [1.82, 2.24) is 4.98 Å². The van der Waals surface area contributed by atoms with Gasteiger partial charge in [-0.15, -0.1) is 0 Å². The summed E-state index contributed by atoms with van der Waals surface area (Å²) in [7, 11) is 0. The number of nitrogens with zero attached hydrogens (tertiary/aromatic N) is 2. The summed E-state index contributed by atoms with van der Waals surface area (Å²) in [6.07, 6.45) is 3.32. The normalized spacial score (nSPS) is 10.9. The lowest BCUT2D eigenvalue weighted by Crippen LogP contribution is -2.28. The van der Waals surface area contributed by atoms with Gasteiger partial charge >= 0.3 is 0 Å².